The third-order valence-electron chi connectivity index (χ3n) is 3.01. The van der Waals surface area contributed by atoms with Gasteiger partial charge in [-0.1, -0.05) is 12.1 Å². The van der Waals surface area contributed by atoms with Crippen LogP contribution in [0.25, 0.3) is 0 Å². The number of hydrogen-bond donors (Lipinski definition) is 2. The van der Waals surface area contributed by atoms with Crippen molar-refractivity contribution in [2.75, 3.05) is 11.9 Å². The Balaban J connectivity index is 1.99. The van der Waals surface area contributed by atoms with Crippen molar-refractivity contribution in [3.63, 3.8) is 0 Å². The molecule has 0 aliphatic carbocycles. The Kier molecular flexibility index (Phi) is 6.64. The molecular weight excluding hydrogens is 350 g/mol. The monoisotopic (exact) mass is 366 g/mol. The van der Waals surface area contributed by atoms with Gasteiger partial charge in [-0.3, -0.25) is 10.1 Å². The molecular formula is C17H16F2N2O3S. The molecule has 0 spiro atoms. The molecule has 0 radical (unpaired) electrons. The molecule has 0 aliphatic heterocycles. The van der Waals surface area contributed by atoms with E-state index in [1.54, 1.807) is 36.4 Å². The van der Waals surface area contributed by atoms with Crippen molar-refractivity contribution in [1.82, 2.24) is 5.32 Å². The molecule has 25 heavy (non-hydrogen) atoms. The number of para-hydroxylation sites is 2. The highest BCUT2D eigenvalue weighted by Gasteiger charge is 2.12. The summed E-state index contributed by atoms with van der Waals surface area (Å²) in [4.78, 5) is 12.1. The van der Waals surface area contributed by atoms with Gasteiger partial charge in [0.25, 0.3) is 5.91 Å². The van der Waals surface area contributed by atoms with Gasteiger partial charge in [0.15, 0.2) is 5.11 Å². The molecule has 0 aromatic heterocycles. The van der Waals surface area contributed by atoms with Crippen molar-refractivity contribution in [2.45, 2.75) is 13.5 Å². The summed E-state index contributed by atoms with van der Waals surface area (Å²) in [6.45, 7) is -0.574. The Labute approximate surface area is 148 Å². The quantitative estimate of drug-likeness (QED) is 0.762. The number of anilines is 1. The van der Waals surface area contributed by atoms with Gasteiger partial charge < -0.3 is 14.8 Å². The van der Waals surface area contributed by atoms with Crippen molar-refractivity contribution in [3.8, 4) is 11.5 Å². The van der Waals surface area contributed by atoms with Crippen LogP contribution in [0.3, 0.4) is 0 Å². The summed E-state index contributed by atoms with van der Waals surface area (Å²) in [6.07, 6.45) is 0. The fraction of sp³-hybridized carbons (Fsp3) is 0.176. The number of carbonyl (C=O) groups excluding carboxylic acids is 1. The van der Waals surface area contributed by atoms with Crippen LogP contribution in [-0.2, 0) is 0 Å². The molecule has 1 amide bonds. The number of halogens is 2. The average molecular weight is 366 g/mol. The van der Waals surface area contributed by atoms with Crippen LogP contribution in [-0.4, -0.2) is 24.2 Å². The van der Waals surface area contributed by atoms with Crippen LogP contribution in [0.1, 0.15) is 17.3 Å². The first-order chi connectivity index (χ1) is 12.0. The lowest BCUT2D eigenvalue weighted by Crippen LogP contribution is -2.34. The molecule has 8 heteroatoms. The molecule has 132 valence electrons. The maximum atomic E-state index is 12.4. The van der Waals surface area contributed by atoms with Gasteiger partial charge in [-0.2, -0.15) is 8.78 Å². The number of alkyl halides is 2. The molecule has 0 aliphatic rings. The van der Waals surface area contributed by atoms with Gasteiger partial charge >= 0.3 is 6.61 Å². The summed E-state index contributed by atoms with van der Waals surface area (Å²) < 4.78 is 34.5. The zero-order valence-electron chi connectivity index (χ0n) is 13.3. The molecule has 2 aromatic rings. The van der Waals surface area contributed by atoms with E-state index in [4.69, 9.17) is 17.0 Å². The number of nitrogens with one attached hydrogen (secondary N) is 2. The summed E-state index contributed by atoms with van der Waals surface area (Å²) in [7, 11) is 0. The Morgan fingerprint density at radius 1 is 1.16 bits per heavy atom. The van der Waals surface area contributed by atoms with Crippen LogP contribution in [0.4, 0.5) is 14.5 Å². The molecule has 0 saturated heterocycles. The van der Waals surface area contributed by atoms with Crippen LogP contribution in [0.5, 0.6) is 11.5 Å². The van der Waals surface area contributed by atoms with Gasteiger partial charge in [-0.15, -0.1) is 0 Å². The molecule has 0 saturated carbocycles. The second-order valence-corrected chi connectivity index (χ2v) is 5.15. The maximum Gasteiger partial charge on any atom is 0.387 e. The van der Waals surface area contributed by atoms with Crippen molar-refractivity contribution >= 4 is 28.9 Å². The van der Waals surface area contributed by atoms with Crippen LogP contribution in [0, 0.1) is 0 Å². The molecule has 0 fully saturated rings. The SMILES string of the molecule is CCOc1ccc(C(=O)NC(=S)Nc2ccccc2OC(F)F)cc1. The highest BCUT2D eigenvalue weighted by Crippen LogP contribution is 2.25. The smallest absolute Gasteiger partial charge is 0.387 e. The number of hydrogen-bond acceptors (Lipinski definition) is 4. The molecule has 2 N–H and O–H groups in total. The zero-order chi connectivity index (χ0) is 18.2. The van der Waals surface area contributed by atoms with Gasteiger partial charge in [-0.25, -0.2) is 0 Å². The normalized spacial score (nSPS) is 10.2. The Morgan fingerprint density at radius 3 is 2.48 bits per heavy atom. The third kappa shape index (κ3) is 5.68. The van der Waals surface area contributed by atoms with E-state index in [1.165, 1.54) is 12.1 Å². The Hall–Kier alpha value is -2.74. The topological polar surface area (TPSA) is 59.6 Å². The van der Waals surface area contributed by atoms with Crippen molar-refractivity contribution in [3.05, 3.63) is 54.1 Å². The Bertz CT molecular complexity index is 739. The minimum absolute atomic E-state index is 0.0378. The fourth-order valence-corrected chi connectivity index (χ4v) is 2.17. The number of carbonyl (C=O) groups is 1. The van der Waals surface area contributed by atoms with Gasteiger partial charge in [0.2, 0.25) is 0 Å². The third-order valence-corrected chi connectivity index (χ3v) is 3.21. The predicted octanol–water partition coefficient (Wildman–Crippen LogP) is 3.81. The molecule has 2 aromatic carbocycles. The summed E-state index contributed by atoms with van der Waals surface area (Å²) >= 11 is 5.04. The van der Waals surface area contributed by atoms with Crippen molar-refractivity contribution in [2.24, 2.45) is 0 Å². The number of ether oxygens (including phenoxy) is 2. The van der Waals surface area contributed by atoms with E-state index >= 15 is 0 Å². The first-order valence-corrected chi connectivity index (χ1v) is 7.79. The molecule has 5 nitrogen and oxygen atoms in total. The van der Waals surface area contributed by atoms with Gasteiger partial charge in [-0.05, 0) is 55.5 Å². The van der Waals surface area contributed by atoms with Gasteiger partial charge in [0, 0.05) is 5.56 Å². The molecule has 0 heterocycles. The van der Waals surface area contributed by atoms with Crippen LogP contribution >= 0.6 is 12.2 Å². The van der Waals surface area contributed by atoms with Crippen LogP contribution < -0.4 is 20.1 Å². The second-order valence-electron chi connectivity index (χ2n) is 4.74. The predicted molar refractivity (Wildman–Crippen MR) is 94.4 cm³/mol. The first kappa shape index (κ1) is 18.6. The number of rotatable bonds is 6. The number of thiocarbonyl (C=S) groups is 1. The molecule has 0 bridgehead atoms. The standard InChI is InChI=1S/C17H16F2N2O3S/c1-2-23-12-9-7-11(8-10-12)15(22)21-17(25)20-13-5-3-4-6-14(13)24-16(18)19/h3-10,16H,2H2,1H3,(H2,20,21,22,25). The van der Waals surface area contributed by atoms with E-state index in [1.807, 2.05) is 6.92 Å². The highest BCUT2D eigenvalue weighted by molar-refractivity contribution is 7.80. The van der Waals surface area contributed by atoms with E-state index in [2.05, 4.69) is 15.4 Å². The summed E-state index contributed by atoms with van der Waals surface area (Å²) in [5, 5.41) is 5.10. The summed E-state index contributed by atoms with van der Waals surface area (Å²) in [6, 6.07) is 12.6. The lowest BCUT2D eigenvalue weighted by molar-refractivity contribution is -0.0493. The van der Waals surface area contributed by atoms with Crippen molar-refractivity contribution in [1.29, 1.82) is 0 Å². The second kappa shape index (κ2) is 8.93. The molecule has 2 rings (SSSR count). The highest BCUT2D eigenvalue weighted by atomic mass is 32.1. The van der Waals surface area contributed by atoms with E-state index < -0.39 is 12.5 Å². The minimum Gasteiger partial charge on any atom is -0.494 e. The minimum atomic E-state index is -2.96. The lowest BCUT2D eigenvalue weighted by Gasteiger charge is -2.13. The Morgan fingerprint density at radius 2 is 1.84 bits per heavy atom. The lowest BCUT2D eigenvalue weighted by atomic mass is 10.2. The van der Waals surface area contributed by atoms with E-state index in [0.29, 0.717) is 17.9 Å². The fourth-order valence-electron chi connectivity index (χ4n) is 1.97. The average Bonchev–Trinajstić information content (AvgIpc) is 2.57. The van der Waals surface area contributed by atoms with E-state index in [-0.39, 0.29) is 16.5 Å². The van der Waals surface area contributed by atoms with E-state index in [0.717, 1.165) is 0 Å². The van der Waals surface area contributed by atoms with E-state index in [9.17, 15) is 13.6 Å². The number of benzene rings is 2. The van der Waals surface area contributed by atoms with Gasteiger partial charge in [0.1, 0.15) is 11.5 Å². The first-order valence-electron chi connectivity index (χ1n) is 7.38. The molecule has 0 unspecified atom stereocenters. The maximum absolute atomic E-state index is 12.4. The van der Waals surface area contributed by atoms with Gasteiger partial charge in [0.05, 0.1) is 12.3 Å². The summed E-state index contributed by atoms with van der Waals surface area (Å²) in [5.74, 6) is 0.140. The van der Waals surface area contributed by atoms with Crippen LogP contribution in [0.2, 0.25) is 0 Å². The zero-order valence-corrected chi connectivity index (χ0v) is 14.1. The number of amides is 1. The largest absolute Gasteiger partial charge is 0.494 e. The molecule has 0 atom stereocenters. The van der Waals surface area contributed by atoms with Crippen molar-refractivity contribution < 1.29 is 23.0 Å². The van der Waals surface area contributed by atoms with Crippen LogP contribution in [0.15, 0.2) is 48.5 Å². The summed E-state index contributed by atoms with van der Waals surface area (Å²) in [5.41, 5.74) is 0.601.